The molecule has 1 heterocycles. The third-order valence-electron chi connectivity index (χ3n) is 4.11. The third kappa shape index (κ3) is 4.22. The summed E-state index contributed by atoms with van der Waals surface area (Å²) in [5.41, 5.74) is 3.35. The molecule has 3 aromatic carbocycles. The number of aromatic nitrogens is 2. The first-order valence-corrected chi connectivity index (χ1v) is 9.64. The smallest absolute Gasteiger partial charge is 0.258 e. The summed E-state index contributed by atoms with van der Waals surface area (Å²) in [6, 6.07) is 29.2. The van der Waals surface area contributed by atoms with Crippen LogP contribution in [-0.4, -0.2) is 16.1 Å². The fraction of sp³-hybridized carbons (Fsp3) is 0. The van der Waals surface area contributed by atoms with Crippen LogP contribution < -0.4 is 5.32 Å². The van der Waals surface area contributed by atoms with Gasteiger partial charge in [-0.15, -0.1) is 10.2 Å². The van der Waals surface area contributed by atoms with Gasteiger partial charge >= 0.3 is 0 Å². The minimum absolute atomic E-state index is 0.217. The van der Waals surface area contributed by atoms with Crippen molar-refractivity contribution in [3.63, 3.8) is 0 Å². The molecule has 0 unspecified atom stereocenters. The lowest BCUT2D eigenvalue weighted by atomic mass is 10.0. The summed E-state index contributed by atoms with van der Waals surface area (Å²) in [5.74, 6) is -0.217. The third-order valence-corrected chi connectivity index (χ3v) is 4.99. The van der Waals surface area contributed by atoms with Crippen LogP contribution >= 0.6 is 11.3 Å². The van der Waals surface area contributed by atoms with Crippen molar-refractivity contribution in [2.24, 2.45) is 0 Å². The quantitative estimate of drug-likeness (QED) is 0.372. The van der Waals surface area contributed by atoms with E-state index in [2.05, 4.69) is 15.5 Å². The second-order valence-corrected chi connectivity index (χ2v) is 7.04. The molecular formula is C23H17N3OS. The number of amides is 1. The van der Waals surface area contributed by atoms with Crippen LogP contribution in [0.25, 0.3) is 22.2 Å². The zero-order valence-corrected chi connectivity index (χ0v) is 15.8. The van der Waals surface area contributed by atoms with Gasteiger partial charge in [-0.2, -0.15) is 0 Å². The number of anilines is 1. The highest BCUT2D eigenvalue weighted by Gasteiger charge is 2.15. The number of hydrogen-bond acceptors (Lipinski definition) is 4. The van der Waals surface area contributed by atoms with Crippen LogP contribution in [0.5, 0.6) is 0 Å². The molecule has 4 nitrogen and oxygen atoms in total. The molecule has 0 bridgehead atoms. The van der Waals surface area contributed by atoms with E-state index >= 15 is 0 Å². The van der Waals surface area contributed by atoms with Crippen LogP contribution in [0, 0.1) is 0 Å². The van der Waals surface area contributed by atoms with Gasteiger partial charge in [-0.25, -0.2) is 0 Å². The number of hydrogen-bond donors (Lipinski definition) is 1. The van der Waals surface area contributed by atoms with Gasteiger partial charge in [-0.1, -0.05) is 102 Å². The molecule has 1 N–H and O–H groups in total. The Bertz CT molecular complexity index is 1090. The molecule has 4 rings (SSSR count). The van der Waals surface area contributed by atoms with E-state index < -0.39 is 0 Å². The average Bonchev–Trinajstić information content (AvgIpc) is 3.22. The van der Waals surface area contributed by atoms with Gasteiger partial charge in [0.15, 0.2) is 0 Å². The molecule has 0 saturated carbocycles. The van der Waals surface area contributed by atoms with E-state index in [-0.39, 0.29) is 5.91 Å². The summed E-state index contributed by atoms with van der Waals surface area (Å²) in [4.78, 5) is 13.0. The summed E-state index contributed by atoms with van der Waals surface area (Å²) >= 11 is 1.35. The fourth-order valence-corrected chi connectivity index (χ4v) is 3.49. The number of nitrogens with zero attached hydrogens (tertiary/aromatic N) is 2. The van der Waals surface area contributed by atoms with Crippen molar-refractivity contribution in [1.29, 1.82) is 0 Å². The Morgan fingerprint density at radius 2 is 1.39 bits per heavy atom. The maximum atomic E-state index is 13.0. The summed E-state index contributed by atoms with van der Waals surface area (Å²) in [6.45, 7) is 0. The molecule has 0 radical (unpaired) electrons. The second-order valence-electron chi connectivity index (χ2n) is 6.07. The molecule has 0 aliphatic heterocycles. The molecule has 1 amide bonds. The van der Waals surface area contributed by atoms with Crippen molar-refractivity contribution in [2.45, 2.75) is 0 Å². The number of rotatable bonds is 5. The normalized spacial score (nSPS) is 11.2. The number of nitrogens with one attached hydrogen (secondary N) is 1. The van der Waals surface area contributed by atoms with Gasteiger partial charge in [0.1, 0.15) is 5.01 Å². The highest BCUT2D eigenvalue weighted by Crippen LogP contribution is 2.27. The van der Waals surface area contributed by atoms with Gasteiger partial charge in [0.2, 0.25) is 5.13 Å². The fourth-order valence-electron chi connectivity index (χ4n) is 2.75. The highest BCUT2D eigenvalue weighted by molar-refractivity contribution is 7.18. The number of benzene rings is 3. The van der Waals surface area contributed by atoms with E-state index in [1.807, 2.05) is 97.1 Å². The second kappa shape index (κ2) is 8.41. The van der Waals surface area contributed by atoms with Crippen molar-refractivity contribution in [2.75, 3.05) is 5.32 Å². The van der Waals surface area contributed by atoms with Crippen LogP contribution in [0.15, 0.2) is 91.0 Å². The monoisotopic (exact) mass is 383 g/mol. The van der Waals surface area contributed by atoms with Gasteiger partial charge in [0, 0.05) is 11.1 Å². The van der Waals surface area contributed by atoms with E-state index in [1.165, 1.54) is 11.3 Å². The first kappa shape index (κ1) is 17.8. The summed E-state index contributed by atoms with van der Waals surface area (Å²) in [5, 5.41) is 12.4. The van der Waals surface area contributed by atoms with Gasteiger partial charge in [0.05, 0.1) is 0 Å². The molecule has 28 heavy (non-hydrogen) atoms. The molecule has 4 aromatic rings. The van der Waals surface area contributed by atoms with E-state index in [1.54, 1.807) is 0 Å². The SMILES string of the molecule is O=C(Nc1nnc(-c2ccccc2)s1)/C(=C/c1ccccc1)c1ccccc1. The van der Waals surface area contributed by atoms with Crippen LogP contribution in [0.1, 0.15) is 11.1 Å². The van der Waals surface area contributed by atoms with Crippen LogP contribution in [0.4, 0.5) is 5.13 Å². The molecule has 5 heteroatoms. The first-order valence-electron chi connectivity index (χ1n) is 8.82. The van der Waals surface area contributed by atoms with Crippen molar-refractivity contribution in [3.05, 3.63) is 102 Å². The Morgan fingerprint density at radius 3 is 2.07 bits per heavy atom. The maximum absolute atomic E-state index is 13.0. The van der Waals surface area contributed by atoms with E-state index in [4.69, 9.17) is 0 Å². The predicted molar refractivity (Wildman–Crippen MR) is 115 cm³/mol. The zero-order chi connectivity index (χ0) is 19.2. The molecular weight excluding hydrogens is 366 g/mol. The van der Waals surface area contributed by atoms with Crippen LogP contribution in [0.2, 0.25) is 0 Å². The summed E-state index contributed by atoms with van der Waals surface area (Å²) < 4.78 is 0. The molecule has 136 valence electrons. The maximum Gasteiger partial charge on any atom is 0.258 e. The summed E-state index contributed by atoms with van der Waals surface area (Å²) in [7, 11) is 0. The van der Waals surface area contributed by atoms with Crippen molar-refractivity contribution in [1.82, 2.24) is 10.2 Å². The van der Waals surface area contributed by atoms with E-state index in [0.29, 0.717) is 10.7 Å². The molecule has 1 aromatic heterocycles. The zero-order valence-electron chi connectivity index (χ0n) is 14.9. The van der Waals surface area contributed by atoms with Gasteiger partial charge in [-0.3, -0.25) is 10.1 Å². The molecule has 0 spiro atoms. The van der Waals surface area contributed by atoms with E-state index in [0.717, 1.165) is 21.7 Å². The van der Waals surface area contributed by atoms with Gasteiger partial charge < -0.3 is 0 Å². The standard InChI is InChI=1S/C23H17N3OS/c27-21(24-23-26-25-22(28-23)19-14-8-3-9-15-19)20(18-12-6-2-7-13-18)16-17-10-4-1-5-11-17/h1-16H,(H,24,26,27)/b20-16+. The number of carbonyl (C=O) groups is 1. The topological polar surface area (TPSA) is 54.9 Å². The molecule has 0 aliphatic rings. The Kier molecular flexibility index (Phi) is 5.36. The van der Waals surface area contributed by atoms with Gasteiger partial charge in [0.25, 0.3) is 5.91 Å². The average molecular weight is 383 g/mol. The lowest BCUT2D eigenvalue weighted by Crippen LogP contribution is -2.13. The Hall–Kier alpha value is -3.57. The minimum atomic E-state index is -0.217. The highest BCUT2D eigenvalue weighted by atomic mass is 32.1. The lowest BCUT2D eigenvalue weighted by Gasteiger charge is -2.07. The Morgan fingerprint density at radius 1 is 0.786 bits per heavy atom. The predicted octanol–water partition coefficient (Wildman–Crippen LogP) is 5.38. The Labute approximate surface area is 167 Å². The van der Waals surface area contributed by atoms with Crippen molar-refractivity contribution >= 4 is 34.0 Å². The first-order chi connectivity index (χ1) is 13.8. The van der Waals surface area contributed by atoms with Crippen molar-refractivity contribution in [3.8, 4) is 10.6 Å². The van der Waals surface area contributed by atoms with Crippen LogP contribution in [-0.2, 0) is 4.79 Å². The molecule has 0 atom stereocenters. The van der Waals surface area contributed by atoms with E-state index in [9.17, 15) is 4.79 Å². The molecule has 0 aliphatic carbocycles. The largest absolute Gasteiger partial charge is 0.296 e. The Balaban J connectivity index is 1.62. The lowest BCUT2D eigenvalue weighted by molar-refractivity contribution is -0.111. The van der Waals surface area contributed by atoms with Crippen molar-refractivity contribution < 1.29 is 4.79 Å². The van der Waals surface area contributed by atoms with Crippen LogP contribution in [0.3, 0.4) is 0 Å². The van der Waals surface area contributed by atoms with Gasteiger partial charge in [-0.05, 0) is 17.2 Å². The molecule has 0 saturated heterocycles. The minimum Gasteiger partial charge on any atom is -0.296 e. The number of carbonyl (C=O) groups excluding carboxylic acids is 1. The molecule has 0 fully saturated rings. The summed E-state index contributed by atoms with van der Waals surface area (Å²) in [6.07, 6.45) is 1.88.